The first kappa shape index (κ1) is 15.3. The first-order chi connectivity index (χ1) is 10.6. The van der Waals surface area contributed by atoms with Crippen LogP contribution in [0.2, 0.25) is 0 Å². The van der Waals surface area contributed by atoms with Crippen molar-refractivity contribution < 1.29 is 14.3 Å². The van der Waals surface area contributed by atoms with Crippen molar-refractivity contribution in [1.82, 2.24) is 10.6 Å². The fraction of sp³-hybridized carbons (Fsp3) is 0.588. The highest BCUT2D eigenvalue weighted by atomic mass is 19.1. The minimum atomic E-state index is -0.447. The van der Waals surface area contributed by atoms with Gasteiger partial charge in [0.05, 0.1) is 12.1 Å². The Balaban J connectivity index is 1.52. The Morgan fingerprint density at radius 2 is 2.09 bits per heavy atom. The summed E-state index contributed by atoms with van der Waals surface area (Å²) in [6, 6.07) is 6.22. The van der Waals surface area contributed by atoms with Gasteiger partial charge in [-0.1, -0.05) is 25.0 Å². The molecule has 2 amide bonds. The number of hydrogen-bond donors (Lipinski definition) is 3. The molecule has 0 radical (unpaired) electrons. The second-order valence-electron chi connectivity index (χ2n) is 6.58. The van der Waals surface area contributed by atoms with Crippen LogP contribution in [0.5, 0.6) is 0 Å². The molecule has 2 saturated carbocycles. The van der Waals surface area contributed by atoms with Gasteiger partial charge in [0.15, 0.2) is 0 Å². The zero-order valence-corrected chi connectivity index (χ0v) is 12.6. The van der Waals surface area contributed by atoms with Crippen molar-refractivity contribution in [3.8, 4) is 0 Å². The Hall–Kier alpha value is -1.62. The van der Waals surface area contributed by atoms with Gasteiger partial charge in [0, 0.05) is 12.0 Å². The SMILES string of the molecule is O=C(NCC1(c2cccc(F)c2)CC1)NC1CCCCC1O. The van der Waals surface area contributed by atoms with E-state index in [-0.39, 0.29) is 23.3 Å². The lowest BCUT2D eigenvalue weighted by atomic mass is 9.93. The minimum Gasteiger partial charge on any atom is -0.391 e. The van der Waals surface area contributed by atoms with Crippen LogP contribution in [0.4, 0.5) is 9.18 Å². The van der Waals surface area contributed by atoms with Crippen LogP contribution in [-0.4, -0.2) is 29.8 Å². The number of aliphatic hydroxyl groups excluding tert-OH is 1. The number of amides is 2. The summed E-state index contributed by atoms with van der Waals surface area (Å²) in [6.45, 7) is 0.505. The van der Waals surface area contributed by atoms with Gasteiger partial charge in [-0.2, -0.15) is 0 Å². The molecule has 120 valence electrons. The quantitative estimate of drug-likeness (QED) is 0.800. The Kier molecular flexibility index (Phi) is 4.34. The highest BCUT2D eigenvalue weighted by Crippen LogP contribution is 2.47. The van der Waals surface area contributed by atoms with Gasteiger partial charge < -0.3 is 15.7 Å². The monoisotopic (exact) mass is 306 g/mol. The van der Waals surface area contributed by atoms with Crippen LogP contribution in [0, 0.1) is 5.82 Å². The van der Waals surface area contributed by atoms with Crippen molar-refractivity contribution in [2.75, 3.05) is 6.54 Å². The van der Waals surface area contributed by atoms with Gasteiger partial charge >= 0.3 is 6.03 Å². The van der Waals surface area contributed by atoms with Crippen LogP contribution >= 0.6 is 0 Å². The van der Waals surface area contributed by atoms with Crippen molar-refractivity contribution in [3.05, 3.63) is 35.6 Å². The first-order valence-electron chi connectivity index (χ1n) is 8.08. The topological polar surface area (TPSA) is 61.4 Å². The summed E-state index contributed by atoms with van der Waals surface area (Å²) in [5.74, 6) is -0.237. The predicted octanol–water partition coefficient (Wildman–Crippen LogP) is 2.46. The summed E-state index contributed by atoms with van der Waals surface area (Å²) < 4.78 is 13.3. The molecule has 1 aromatic rings. The van der Waals surface area contributed by atoms with Crippen LogP contribution in [0.1, 0.15) is 44.1 Å². The zero-order chi connectivity index (χ0) is 15.6. The Bertz CT molecular complexity index is 545. The van der Waals surface area contributed by atoms with Crippen molar-refractivity contribution in [3.63, 3.8) is 0 Å². The molecule has 3 rings (SSSR count). The van der Waals surface area contributed by atoms with E-state index < -0.39 is 6.10 Å². The molecule has 5 heteroatoms. The number of aliphatic hydroxyl groups is 1. The largest absolute Gasteiger partial charge is 0.391 e. The molecule has 2 unspecified atom stereocenters. The van der Waals surface area contributed by atoms with Crippen LogP contribution in [0.25, 0.3) is 0 Å². The van der Waals surface area contributed by atoms with Crippen molar-refractivity contribution in [2.24, 2.45) is 0 Å². The number of urea groups is 1. The predicted molar refractivity (Wildman–Crippen MR) is 82.1 cm³/mol. The Labute approximate surface area is 130 Å². The Morgan fingerprint density at radius 3 is 2.77 bits per heavy atom. The molecule has 4 nitrogen and oxygen atoms in total. The molecule has 22 heavy (non-hydrogen) atoms. The van der Waals surface area contributed by atoms with E-state index >= 15 is 0 Å². The third kappa shape index (κ3) is 3.40. The Morgan fingerprint density at radius 1 is 1.32 bits per heavy atom. The number of carbonyl (C=O) groups excluding carboxylic acids is 1. The van der Waals surface area contributed by atoms with E-state index in [1.165, 1.54) is 6.07 Å². The van der Waals surface area contributed by atoms with E-state index in [0.717, 1.165) is 44.1 Å². The number of nitrogens with one attached hydrogen (secondary N) is 2. The lowest BCUT2D eigenvalue weighted by molar-refractivity contribution is 0.0943. The van der Waals surface area contributed by atoms with Gasteiger partial charge in [-0.25, -0.2) is 9.18 Å². The van der Waals surface area contributed by atoms with Gasteiger partial charge in [0.1, 0.15) is 5.82 Å². The molecule has 2 fully saturated rings. The maximum absolute atomic E-state index is 13.3. The third-order valence-electron chi connectivity index (χ3n) is 4.92. The standard InChI is InChI=1S/C17H23FN2O2/c18-13-5-3-4-12(10-13)17(8-9-17)11-19-16(22)20-14-6-1-2-7-15(14)21/h3-5,10,14-15,21H,1-2,6-9,11H2,(H2,19,20,22). The maximum atomic E-state index is 13.3. The molecular formula is C17H23FN2O2. The molecule has 2 atom stereocenters. The molecule has 0 aromatic heterocycles. The van der Waals surface area contributed by atoms with Gasteiger partial charge in [-0.15, -0.1) is 0 Å². The molecule has 1 aromatic carbocycles. The van der Waals surface area contributed by atoms with Gasteiger partial charge in [0.2, 0.25) is 0 Å². The molecule has 2 aliphatic rings. The van der Waals surface area contributed by atoms with E-state index in [4.69, 9.17) is 0 Å². The average Bonchev–Trinajstić information content (AvgIpc) is 3.29. The van der Waals surface area contributed by atoms with E-state index in [1.807, 2.05) is 6.07 Å². The minimum absolute atomic E-state index is 0.120. The maximum Gasteiger partial charge on any atom is 0.315 e. The zero-order valence-electron chi connectivity index (χ0n) is 12.6. The number of hydrogen-bond acceptors (Lipinski definition) is 2. The lowest BCUT2D eigenvalue weighted by Crippen LogP contribution is -2.50. The normalized spacial score (nSPS) is 26.3. The molecule has 0 spiro atoms. The van der Waals surface area contributed by atoms with Gasteiger partial charge in [-0.3, -0.25) is 0 Å². The second kappa shape index (κ2) is 6.24. The smallest absolute Gasteiger partial charge is 0.315 e. The van der Waals surface area contributed by atoms with E-state index in [2.05, 4.69) is 10.6 Å². The summed E-state index contributed by atoms with van der Waals surface area (Å²) in [7, 11) is 0. The summed E-state index contributed by atoms with van der Waals surface area (Å²) in [6.07, 6.45) is 5.10. The highest BCUT2D eigenvalue weighted by Gasteiger charge is 2.44. The third-order valence-corrected chi connectivity index (χ3v) is 4.92. The summed E-state index contributed by atoms with van der Waals surface area (Å²) in [4.78, 5) is 12.0. The highest BCUT2D eigenvalue weighted by molar-refractivity contribution is 5.74. The van der Waals surface area contributed by atoms with Crippen molar-refractivity contribution in [2.45, 2.75) is 56.1 Å². The number of rotatable bonds is 4. The summed E-state index contributed by atoms with van der Waals surface area (Å²) >= 11 is 0. The van der Waals surface area contributed by atoms with E-state index in [1.54, 1.807) is 12.1 Å². The fourth-order valence-corrected chi connectivity index (χ4v) is 3.29. The van der Waals surface area contributed by atoms with Crippen LogP contribution in [0.15, 0.2) is 24.3 Å². The molecular weight excluding hydrogens is 283 g/mol. The number of carbonyl (C=O) groups is 1. The lowest BCUT2D eigenvalue weighted by Gasteiger charge is -2.28. The molecule has 2 aliphatic carbocycles. The summed E-state index contributed by atoms with van der Waals surface area (Å²) in [5.41, 5.74) is 0.829. The van der Waals surface area contributed by atoms with Gasteiger partial charge in [-0.05, 0) is 43.4 Å². The van der Waals surface area contributed by atoms with E-state index in [9.17, 15) is 14.3 Å². The van der Waals surface area contributed by atoms with Crippen molar-refractivity contribution in [1.29, 1.82) is 0 Å². The first-order valence-corrected chi connectivity index (χ1v) is 8.08. The van der Waals surface area contributed by atoms with Crippen LogP contribution < -0.4 is 10.6 Å². The molecule has 0 heterocycles. The van der Waals surface area contributed by atoms with E-state index in [0.29, 0.717) is 6.54 Å². The number of benzene rings is 1. The molecule has 0 saturated heterocycles. The molecule has 0 bridgehead atoms. The summed E-state index contributed by atoms with van der Waals surface area (Å²) in [5, 5.41) is 15.6. The van der Waals surface area contributed by atoms with Gasteiger partial charge in [0.25, 0.3) is 0 Å². The fourth-order valence-electron chi connectivity index (χ4n) is 3.29. The number of halogens is 1. The molecule has 0 aliphatic heterocycles. The molecule has 3 N–H and O–H groups in total. The second-order valence-corrected chi connectivity index (χ2v) is 6.58. The van der Waals surface area contributed by atoms with Crippen LogP contribution in [-0.2, 0) is 5.41 Å². The van der Waals surface area contributed by atoms with Crippen LogP contribution in [0.3, 0.4) is 0 Å². The average molecular weight is 306 g/mol. The van der Waals surface area contributed by atoms with Crippen molar-refractivity contribution >= 4 is 6.03 Å².